The van der Waals surface area contributed by atoms with Crippen LogP contribution in [0.25, 0.3) is 0 Å². The van der Waals surface area contributed by atoms with Crippen LogP contribution in [0, 0.1) is 0 Å². The van der Waals surface area contributed by atoms with E-state index in [1.165, 1.54) is 7.11 Å². The molecule has 0 aromatic heterocycles. The zero-order valence-corrected chi connectivity index (χ0v) is 9.80. The van der Waals surface area contributed by atoms with Gasteiger partial charge in [0, 0.05) is 19.4 Å². The first kappa shape index (κ1) is 16.8. The van der Waals surface area contributed by atoms with Gasteiger partial charge < -0.3 is 14.9 Å². The molecule has 5 nitrogen and oxygen atoms in total. The van der Waals surface area contributed by atoms with Gasteiger partial charge in [0.25, 0.3) is 0 Å². The molecule has 0 aliphatic carbocycles. The number of rotatable bonds is 1. The summed E-state index contributed by atoms with van der Waals surface area (Å²) >= 11 is 0. The van der Waals surface area contributed by atoms with Crippen molar-refractivity contribution < 1.29 is 19.7 Å². The van der Waals surface area contributed by atoms with Crippen molar-refractivity contribution in [2.75, 3.05) is 26.1 Å². The van der Waals surface area contributed by atoms with Gasteiger partial charge >= 0.3 is 6.09 Å². The Kier molecular flexibility index (Phi) is 14.1. The second-order valence-corrected chi connectivity index (χ2v) is 2.30. The molecule has 0 spiro atoms. The van der Waals surface area contributed by atoms with Crippen LogP contribution in [0.15, 0.2) is 30.3 Å². The fourth-order valence-electron chi connectivity index (χ4n) is 0.690. The van der Waals surface area contributed by atoms with Crippen LogP contribution in [0.2, 0.25) is 0 Å². The molecule has 0 atom stereocenters. The average Bonchev–Trinajstić information content (AvgIpc) is 2.34. The summed E-state index contributed by atoms with van der Waals surface area (Å²) in [6.45, 7) is 1.93. The fourth-order valence-corrected chi connectivity index (χ4v) is 0.690. The predicted octanol–water partition coefficient (Wildman–Crippen LogP) is 1.47. The minimum Gasteiger partial charge on any atom is -0.453 e. The molecule has 1 aromatic rings. The lowest BCUT2D eigenvalue weighted by Crippen LogP contribution is -2.10. The number of para-hydroxylation sites is 1. The number of aliphatic hydroxyl groups is 2. The molecule has 92 valence electrons. The van der Waals surface area contributed by atoms with E-state index in [-0.39, 0.29) is 6.61 Å². The first-order chi connectivity index (χ1) is 7.74. The molecule has 5 heteroatoms. The van der Waals surface area contributed by atoms with E-state index in [1.54, 1.807) is 19.1 Å². The molecule has 1 rings (SSSR count). The maximum atomic E-state index is 10.6. The highest BCUT2D eigenvalue weighted by molar-refractivity contribution is 5.84. The highest BCUT2D eigenvalue weighted by Gasteiger charge is 1.96. The van der Waals surface area contributed by atoms with Gasteiger partial charge in [-0.15, -0.1) is 0 Å². The van der Waals surface area contributed by atoms with Gasteiger partial charge in [0.05, 0.1) is 7.11 Å². The molecule has 0 bridgehead atoms. The average molecular weight is 229 g/mol. The molecule has 0 heterocycles. The van der Waals surface area contributed by atoms with Crippen LogP contribution >= 0.6 is 0 Å². The van der Waals surface area contributed by atoms with E-state index in [2.05, 4.69) is 10.1 Å². The summed E-state index contributed by atoms with van der Waals surface area (Å²) < 4.78 is 4.40. The molecule has 0 radical (unpaired) electrons. The molecule has 0 unspecified atom stereocenters. The van der Waals surface area contributed by atoms with E-state index in [9.17, 15) is 4.79 Å². The molecule has 0 saturated carbocycles. The van der Waals surface area contributed by atoms with E-state index < -0.39 is 6.09 Å². The van der Waals surface area contributed by atoms with Crippen molar-refractivity contribution in [1.29, 1.82) is 0 Å². The van der Waals surface area contributed by atoms with Gasteiger partial charge in [-0.05, 0) is 19.1 Å². The Morgan fingerprint density at radius 2 is 1.75 bits per heavy atom. The molecule has 0 aliphatic rings. The molecule has 0 fully saturated rings. The van der Waals surface area contributed by atoms with E-state index in [4.69, 9.17) is 10.2 Å². The Bertz CT molecular complexity index is 251. The first-order valence-electron chi connectivity index (χ1n) is 4.70. The Morgan fingerprint density at radius 3 is 2.12 bits per heavy atom. The Morgan fingerprint density at radius 1 is 1.31 bits per heavy atom. The van der Waals surface area contributed by atoms with Crippen molar-refractivity contribution in [3.8, 4) is 0 Å². The standard InChI is InChI=1S/C8H9NO2.C2H6O.CH4O/c1-11-8(10)9-7-5-3-2-4-6-7;1-2-3;1-2/h2-6H,1H3,(H,9,10);3H,2H2,1H3;2H,1H3. The lowest BCUT2D eigenvalue weighted by molar-refractivity contribution is 0.187. The van der Waals surface area contributed by atoms with E-state index >= 15 is 0 Å². The van der Waals surface area contributed by atoms with Gasteiger partial charge in [-0.25, -0.2) is 4.79 Å². The molecular formula is C11H19NO4. The normalized spacial score (nSPS) is 7.56. The van der Waals surface area contributed by atoms with Gasteiger partial charge in [-0.3, -0.25) is 5.32 Å². The summed E-state index contributed by atoms with van der Waals surface area (Å²) in [6.07, 6.45) is -0.448. The number of anilines is 1. The third-order valence-corrected chi connectivity index (χ3v) is 1.21. The zero-order chi connectivity index (χ0) is 12.8. The highest BCUT2D eigenvalue weighted by atomic mass is 16.5. The minimum absolute atomic E-state index is 0.250. The Balaban J connectivity index is 0. The highest BCUT2D eigenvalue weighted by Crippen LogP contribution is 2.04. The van der Waals surface area contributed by atoms with Crippen molar-refractivity contribution in [2.24, 2.45) is 0 Å². The van der Waals surface area contributed by atoms with E-state index in [0.29, 0.717) is 0 Å². The van der Waals surface area contributed by atoms with Crippen molar-refractivity contribution in [2.45, 2.75) is 6.92 Å². The summed E-state index contributed by atoms with van der Waals surface area (Å²) in [5.74, 6) is 0. The number of amides is 1. The molecule has 1 aromatic carbocycles. The SMILES string of the molecule is CCO.CO.COC(=O)Nc1ccccc1. The molecular weight excluding hydrogens is 210 g/mol. The van der Waals surface area contributed by atoms with Crippen LogP contribution < -0.4 is 5.32 Å². The van der Waals surface area contributed by atoms with Gasteiger partial charge in [-0.1, -0.05) is 18.2 Å². The zero-order valence-electron chi connectivity index (χ0n) is 9.80. The lowest BCUT2D eigenvalue weighted by atomic mass is 10.3. The second-order valence-electron chi connectivity index (χ2n) is 2.30. The maximum Gasteiger partial charge on any atom is 0.411 e. The van der Waals surface area contributed by atoms with Crippen molar-refractivity contribution in [3.63, 3.8) is 0 Å². The van der Waals surface area contributed by atoms with E-state index in [0.717, 1.165) is 12.8 Å². The quantitative estimate of drug-likeness (QED) is 0.681. The largest absolute Gasteiger partial charge is 0.453 e. The van der Waals surface area contributed by atoms with Gasteiger partial charge in [0.2, 0.25) is 0 Å². The number of carbonyl (C=O) groups excluding carboxylic acids is 1. The number of hydrogen-bond acceptors (Lipinski definition) is 4. The predicted molar refractivity (Wildman–Crippen MR) is 63.4 cm³/mol. The van der Waals surface area contributed by atoms with Crippen LogP contribution in [0.1, 0.15) is 6.92 Å². The topological polar surface area (TPSA) is 78.8 Å². The summed E-state index contributed by atoms with van der Waals surface area (Å²) in [6, 6.07) is 9.13. The summed E-state index contributed by atoms with van der Waals surface area (Å²) in [5.41, 5.74) is 0.736. The third kappa shape index (κ3) is 10.5. The number of methoxy groups -OCH3 is 1. The fraction of sp³-hybridized carbons (Fsp3) is 0.364. The van der Waals surface area contributed by atoms with Crippen LogP contribution in [0.3, 0.4) is 0 Å². The summed E-state index contributed by atoms with van der Waals surface area (Å²) in [4.78, 5) is 10.6. The number of benzene rings is 1. The number of hydrogen-bond donors (Lipinski definition) is 3. The smallest absolute Gasteiger partial charge is 0.411 e. The van der Waals surface area contributed by atoms with Crippen LogP contribution in [0.5, 0.6) is 0 Å². The monoisotopic (exact) mass is 229 g/mol. The van der Waals surface area contributed by atoms with Gasteiger partial charge in [0.15, 0.2) is 0 Å². The van der Waals surface area contributed by atoms with Crippen LogP contribution in [0.4, 0.5) is 10.5 Å². The molecule has 1 amide bonds. The van der Waals surface area contributed by atoms with Crippen molar-refractivity contribution in [3.05, 3.63) is 30.3 Å². The molecule has 3 N–H and O–H groups in total. The lowest BCUT2D eigenvalue weighted by Gasteiger charge is -2.01. The summed E-state index contributed by atoms with van der Waals surface area (Å²) in [7, 11) is 2.33. The minimum atomic E-state index is -0.448. The molecule has 0 saturated heterocycles. The number of carbonyl (C=O) groups is 1. The third-order valence-electron chi connectivity index (χ3n) is 1.21. The first-order valence-corrected chi connectivity index (χ1v) is 4.70. The Labute approximate surface area is 95.7 Å². The number of aliphatic hydroxyl groups excluding tert-OH is 2. The van der Waals surface area contributed by atoms with Crippen molar-refractivity contribution in [1.82, 2.24) is 0 Å². The van der Waals surface area contributed by atoms with Crippen LogP contribution in [-0.2, 0) is 4.74 Å². The second kappa shape index (κ2) is 13.4. The van der Waals surface area contributed by atoms with Gasteiger partial charge in [-0.2, -0.15) is 0 Å². The Hall–Kier alpha value is -1.59. The maximum absolute atomic E-state index is 10.6. The van der Waals surface area contributed by atoms with Crippen LogP contribution in [-0.4, -0.2) is 37.1 Å². The van der Waals surface area contributed by atoms with Crippen molar-refractivity contribution >= 4 is 11.8 Å². The number of nitrogens with one attached hydrogen (secondary N) is 1. The molecule has 0 aliphatic heterocycles. The van der Waals surface area contributed by atoms with Gasteiger partial charge in [0.1, 0.15) is 0 Å². The number of ether oxygens (including phenoxy) is 1. The summed E-state index contributed by atoms with van der Waals surface area (Å²) in [5, 5.41) is 17.1. The van der Waals surface area contributed by atoms with E-state index in [1.807, 2.05) is 18.2 Å². The molecule has 16 heavy (non-hydrogen) atoms.